The molecule has 11 heteroatoms. The van der Waals surface area contributed by atoms with E-state index in [-0.39, 0.29) is 11.9 Å². The molecule has 34 heavy (non-hydrogen) atoms. The van der Waals surface area contributed by atoms with Crippen molar-refractivity contribution in [1.82, 2.24) is 24.5 Å². The Morgan fingerprint density at radius 1 is 0.706 bits per heavy atom. The van der Waals surface area contributed by atoms with Gasteiger partial charge in [0.1, 0.15) is 38.6 Å². The highest BCUT2D eigenvalue weighted by atomic mass is 16.3. The Morgan fingerprint density at radius 3 is 1.76 bits per heavy atom. The number of unbranched alkanes of at least 4 members (excludes halogenated alkanes) is 8. The molecule has 0 aromatic carbocycles. The number of aliphatic hydroxyl groups is 4. The maximum Gasteiger partial charge on any atom is 0.234 e. The maximum absolute atomic E-state index is 9.46. The minimum atomic E-state index is -0.484. The Bertz CT molecular complexity index is 767. The van der Waals surface area contributed by atoms with Gasteiger partial charge < -0.3 is 25.0 Å². The van der Waals surface area contributed by atoms with Crippen LogP contribution in [0.15, 0.2) is 12.4 Å². The molecule has 2 rings (SSSR count). The van der Waals surface area contributed by atoms with E-state index in [4.69, 9.17) is 0 Å². The van der Waals surface area contributed by atoms with Crippen LogP contribution in [0.25, 0.3) is 0 Å². The largest absolute Gasteiger partial charge is 0.376 e. The molecule has 4 N–H and O–H groups in total. The van der Waals surface area contributed by atoms with E-state index in [9.17, 15) is 20.4 Å². The van der Waals surface area contributed by atoms with E-state index in [1.54, 1.807) is 6.20 Å². The molecule has 0 aliphatic rings. The summed E-state index contributed by atoms with van der Waals surface area (Å²) in [5.74, 6) is 1.58. The third-order valence-corrected chi connectivity index (χ3v) is 5.79. The number of anilines is 2. The van der Waals surface area contributed by atoms with E-state index in [1.807, 2.05) is 6.20 Å². The van der Waals surface area contributed by atoms with Crippen LogP contribution >= 0.6 is 0 Å². The second kappa shape index (κ2) is 16.3. The Hall–Kier alpha value is -2.34. The van der Waals surface area contributed by atoms with Gasteiger partial charge >= 0.3 is 0 Å². The summed E-state index contributed by atoms with van der Waals surface area (Å²) in [5, 5.41) is 37.8. The maximum atomic E-state index is 9.46. The van der Waals surface area contributed by atoms with Gasteiger partial charge in [-0.25, -0.2) is 4.98 Å². The molecular weight excluding hydrogens is 438 g/mol. The Labute approximate surface area is 202 Å². The summed E-state index contributed by atoms with van der Waals surface area (Å²) in [6.07, 6.45) is 16.7. The molecule has 0 saturated heterocycles. The predicted octanol–water partition coefficient (Wildman–Crippen LogP) is 1.80. The summed E-state index contributed by atoms with van der Waals surface area (Å²) in [6, 6.07) is 0. The molecule has 11 nitrogen and oxygen atoms in total. The molecule has 0 bridgehead atoms. The SMILES string of the molecule is CCCCCCCCCCCc1nccn1CCc1nc(N(CO)CO)nc(N(CO)CO)n1. The smallest absolute Gasteiger partial charge is 0.234 e. The molecule has 0 saturated carbocycles. The molecule has 2 heterocycles. The molecule has 2 aromatic rings. The minimum Gasteiger partial charge on any atom is -0.376 e. The van der Waals surface area contributed by atoms with Crippen molar-refractivity contribution in [3.05, 3.63) is 24.0 Å². The lowest BCUT2D eigenvalue weighted by Crippen LogP contribution is -2.31. The number of imidazole rings is 1. The van der Waals surface area contributed by atoms with Gasteiger partial charge in [0.05, 0.1) is 0 Å². The van der Waals surface area contributed by atoms with Crippen molar-refractivity contribution in [3.63, 3.8) is 0 Å². The topological polar surface area (TPSA) is 144 Å². The highest BCUT2D eigenvalue weighted by Gasteiger charge is 2.16. The molecule has 0 amide bonds. The lowest BCUT2D eigenvalue weighted by molar-refractivity contribution is 0.217. The molecule has 0 radical (unpaired) electrons. The third kappa shape index (κ3) is 9.13. The normalized spacial score (nSPS) is 11.2. The first kappa shape index (κ1) is 27.9. The van der Waals surface area contributed by atoms with Gasteiger partial charge in [-0.1, -0.05) is 58.3 Å². The summed E-state index contributed by atoms with van der Waals surface area (Å²) in [4.78, 5) is 19.6. The number of hydrogen-bond acceptors (Lipinski definition) is 10. The fourth-order valence-corrected chi connectivity index (χ4v) is 3.72. The zero-order valence-corrected chi connectivity index (χ0v) is 20.4. The number of hydrogen-bond donors (Lipinski definition) is 4. The van der Waals surface area contributed by atoms with Gasteiger partial charge in [0.15, 0.2) is 0 Å². The summed E-state index contributed by atoms with van der Waals surface area (Å²) in [7, 11) is 0. The van der Waals surface area contributed by atoms with Crippen LogP contribution in [0.2, 0.25) is 0 Å². The average Bonchev–Trinajstić information content (AvgIpc) is 3.30. The van der Waals surface area contributed by atoms with Crippen LogP contribution in [0.5, 0.6) is 0 Å². The minimum absolute atomic E-state index is 0.0671. The van der Waals surface area contributed by atoms with Crippen molar-refractivity contribution >= 4 is 11.9 Å². The standard InChI is InChI=1S/C23H41N7O4/c1-2-3-4-5-6-7-8-9-10-11-21-24-13-15-28(21)14-12-20-25-22(29(16-31)17-32)27-23(26-20)30(18-33)19-34/h13,15,31-34H,2-12,14,16-19H2,1H3. The lowest BCUT2D eigenvalue weighted by Gasteiger charge is -2.21. The molecule has 0 aliphatic carbocycles. The van der Waals surface area contributed by atoms with E-state index < -0.39 is 26.9 Å². The van der Waals surface area contributed by atoms with E-state index in [0.717, 1.165) is 28.5 Å². The van der Waals surface area contributed by atoms with E-state index in [0.29, 0.717) is 18.8 Å². The van der Waals surface area contributed by atoms with Crippen molar-refractivity contribution in [2.45, 2.75) is 84.1 Å². The monoisotopic (exact) mass is 479 g/mol. The Kier molecular flexibility index (Phi) is 13.4. The molecule has 0 spiro atoms. The molecule has 0 unspecified atom stereocenters. The number of aromatic nitrogens is 5. The highest BCUT2D eigenvalue weighted by Crippen LogP contribution is 2.15. The Balaban J connectivity index is 1.91. The van der Waals surface area contributed by atoms with Crippen LogP contribution in [-0.4, -0.2) is 71.9 Å². The first-order chi connectivity index (χ1) is 16.7. The van der Waals surface area contributed by atoms with Crippen LogP contribution in [0.1, 0.15) is 76.4 Å². The first-order valence-electron chi connectivity index (χ1n) is 12.3. The molecule has 192 valence electrons. The van der Waals surface area contributed by atoms with Crippen LogP contribution in [0.3, 0.4) is 0 Å². The molecular formula is C23H41N7O4. The van der Waals surface area contributed by atoms with E-state index in [1.165, 1.54) is 51.4 Å². The quantitative estimate of drug-likeness (QED) is 0.174. The zero-order chi connectivity index (χ0) is 24.6. The second-order valence-corrected chi connectivity index (χ2v) is 8.36. The highest BCUT2D eigenvalue weighted by molar-refractivity contribution is 5.38. The summed E-state index contributed by atoms with van der Waals surface area (Å²) in [5.41, 5.74) is 0. The number of rotatable bonds is 19. The Morgan fingerprint density at radius 2 is 1.24 bits per heavy atom. The molecule has 0 fully saturated rings. The second-order valence-electron chi connectivity index (χ2n) is 8.36. The zero-order valence-electron chi connectivity index (χ0n) is 20.4. The van der Waals surface area contributed by atoms with Crippen LogP contribution in [0.4, 0.5) is 11.9 Å². The fourth-order valence-electron chi connectivity index (χ4n) is 3.72. The van der Waals surface area contributed by atoms with E-state index in [2.05, 4.69) is 31.4 Å². The molecule has 2 aromatic heterocycles. The van der Waals surface area contributed by atoms with Gasteiger partial charge in [-0.3, -0.25) is 9.80 Å². The summed E-state index contributed by atoms with van der Waals surface area (Å²) in [6.45, 7) is 0.910. The molecule has 0 atom stereocenters. The predicted molar refractivity (Wildman–Crippen MR) is 130 cm³/mol. The summed E-state index contributed by atoms with van der Waals surface area (Å²) < 4.78 is 2.08. The third-order valence-electron chi connectivity index (χ3n) is 5.79. The van der Waals surface area contributed by atoms with Crippen LogP contribution in [0, 0.1) is 0 Å². The van der Waals surface area contributed by atoms with Gasteiger partial charge in [0, 0.05) is 31.8 Å². The lowest BCUT2D eigenvalue weighted by atomic mass is 10.1. The van der Waals surface area contributed by atoms with Gasteiger partial charge in [-0.2, -0.15) is 15.0 Å². The average molecular weight is 480 g/mol. The first-order valence-corrected chi connectivity index (χ1v) is 12.3. The van der Waals surface area contributed by atoms with Crippen molar-refractivity contribution in [2.24, 2.45) is 0 Å². The van der Waals surface area contributed by atoms with Gasteiger partial charge in [-0.05, 0) is 6.42 Å². The van der Waals surface area contributed by atoms with Crippen molar-refractivity contribution in [2.75, 3.05) is 36.7 Å². The number of nitrogens with zero attached hydrogens (tertiary/aromatic N) is 7. The van der Waals surface area contributed by atoms with Gasteiger partial charge in [-0.15, -0.1) is 0 Å². The van der Waals surface area contributed by atoms with Crippen molar-refractivity contribution < 1.29 is 20.4 Å². The van der Waals surface area contributed by atoms with Gasteiger partial charge in [0.25, 0.3) is 0 Å². The van der Waals surface area contributed by atoms with Crippen molar-refractivity contribution in [3.8, 4) is 0 Å². The number of aliphatic hydroxyl groups excluding tert-OH is 4. The van der Waals surface area contributed by atoms with Crippen LogP contribution < -0.4 is 9.80 Å². The van der Waals surface area contributed by atoms with Crippen molar-refractivity contribution in [1.29, 1.82) is 0 Å². The summed E-state index contributed by atoms with van der Waals surface area (Å²) >= 11 is 0. The van der Waals surface area contributed by atoms with Crippen LogP contribution in [-0.2, 0) is 19.4 Å². The molecule has 0 aliphatic heterocycles. The van der Waals surface area contributed by atoms with Gasteiger partial charge in [0.2, 0.25) is 11.9 Å². The fraction of sp³-hybridized carbons (Fsp3) is 0.739. The van der Waals surface area contributed by atoms with E-state index >= 15 is 0 Å². The number of aryl methyl sites for hydroxylation is 3.